The molecule has 126 valence electrons. The van der Waals surface area contributed by atoms with Gasteiger partial charge in [-0.25, -0.2) is 0 Å². The maximum atomic E-state index is 12.3. The number of carbonyl (C=O) groups is 1. The largest absolute Gasteiger partial charge is 0.325 e. The molecule has 0 spiro atoms. The summed E-state index contributed by atoms with van der Waals surface area (Å²) in [6.45, 7) is 0. The van der Waals surface area contributed by atoms with Crippen molar-refractivity contribution >= 4 is 11.6 Å². The number of hydrogen-bond acceptors (Lipinski definition) is 2. The highest BCUT2D eigenvalue weighted by Gasteiger charge is 2.13. The molecule has 3 nitrogen and oxygen atoms in total. The van der Waals surface area contributed by atoms with Gasteiger partial charge in [0.1, 0.15) is 0 Å². The zero-order valence-corrected chi connectivity index (χ0v) is 14.1. The molecule has 0 saturated carbocycles. The van der Waals surface area contributed by atoms with Gasteiger partial charge in [0.15, 0.2) is 0 Å². The molecule has 0 bridgehead atoms. The lowest BCUT2D eigenvalue weighted by Gasteiger charge is -2.13. The molecule has 0 aliphatic heterocycles. The normalized spacial score (nSPS) is 11.7. The number of carbonyl (C=O) groups excluding carboxylic acids is 1. The van der Waals surface area contributed by atoms with E-state index in [9.17, 15) is 4.79 Å². The molecule has 0 heterocycles. The van der Waals surface area contributed by atoms with Crippen LogP contribution in [0, 0.1) is 0 Å². The Morgan fingerprint density at radius 2 is 1.36 bits per heavy atom. The summed E-state index contributed by atoms with van der Waals surface area (Å²) in [5.74, 6) is -0.150. The Hall–Kier alpha value is -2.91. The van der Waals surface area contributed by atoms with Crippen LogP contribution in [0.2, 0.25) is 0 Å². The number of nitrogens with one attached hydrogen (secondary N) is 1. The summed E-state index contributed by atoms with van der Waals surface area (Å²) < 4.78 is 0. The maximum absolute atomic E-state index is 12.3. The van der Waals surface area contributed by atoms with Crippen LogP contribution in [0.1, 0.15) is 12.0 Å². The summed E-state index contributed by atoms with van der Waals surface area (Å²) in [7, 11) is 0. The third-order valence-electron chi connectivity index (χ3n) is 4.18. The van der Waals surface area contributed by atoms with Crippen molar-refractivity contribution in [3.8, 4) is 11.1 Å². The molecule has 0 saturated heterocycles. The Morgan fingerprint density at radius 1 is 0.800 bits per heavy atom. The standard InChI is InChI=1S/C22H22N2O/c23-21(16-11-17-7-3-1-4-8-17)22(25)24-20-14-12-19(13-15-20)18-9-5-2-6-10-18/h1-10,12-15,21H,11,16,23H2,(H,24,25)/t21-/m1/s1. The molecular weight excluding hydrogens is 308 g/mol. The molecule has 1 amide bonds. The molecule has 0 aromatic heterocycles. The second-order valence-electron chi connectivity index (χ2n) is 6.06. The number of rotatable bonds is 6. The minimum atomic E-state index is -0.519. The highest BCUT2D eigenvalue weighted by atomic mass is 16.2. The van der Waals surface area contributed by atoms with Crippen LogP contribution in [0.4, 0.5) is 5.69 Å². The topological polar surface area (TPSA) is 55.1 Å². The van der Waals surface area contributed by atoms with Crippen LogP contribution in [-0.4, -0.2) is 11.9 Å². The quantitative estimate of drug-likeness (QED) is 0.710. The average Bonchev–Trinajstić information content (AvgIpc) is 2.68. The average molecular weight is 330 g/mol. The summed E-state index contributed by atoms with van der Waals surface area (Å²) in [5.41, 5.74) is 10.2. The van der Waals surface area contributed by atoms with Crippen LogP contribution in [0.5, 0.6) is 0 Å². The zero-order valence-electron chi connectivity index (χ0n) is 14.1. The van der Waals surface area contributed by atoms with E-state index in [0.717, 1.165) is 23.2 Å². The van der Waals surface area contributed by atoms with Crippen molar-refractivity contribution in [3.05, 3.63) is 90.5 Å². The Labute approximate surface area is 148 Å². The molecule has 0 aliphatic rings. The summed E-state index contributed by atoms with van der Waals surface area (Å²) in [5, 5.41) is 2.89. The van der Waals surface area contributed by atoms with Gasteiger partial charge < -0.3 is 11.1 Å². The van der Waals surface area contributed by atoms with Crippen molar-refractivity contribution < 1.29 is 4.79 Å². The molecule has 3 aromatic carbocycles. The second-order valence-corrected chi connectivity index (χ2v) is 6.06. The van der Waals surface area contributed by atoms with Gasteiger partial charge in [-0.2, -0.15) is 0 Å². The number of amides is 1. The van der Waals surface area contributed by atoms with E-state index in [-0.39, 0.29) is 5.91 Å². The van der Waals surface area contributed by atoms with Crippen LogP contribution in [0.25, 0.3) is 11.1 Å². The van der Waals surface area contributed by atoms with Crippen molar-refractivity contribution in [1.82, 2.24) is 0 Å². The van der Waals surface area contributed by atoms with Crippen molar-refractivity contribution in [2.75, 3.05) is 5.32 Å². The van der Waals surface area contributed by atoms with Crippen molar-refractivity contribution in [3.63, 3.8) is 0 Å². The summed E-state index contributed by atoms with van der Waals surface area (Å²) in [6, 6.07) is 27.5. The van der Waals surface area contributed by atoms with E-state index in [1.165, 1.54) is 5.56 Å². The third kappa shape index (κ3) is 4.78. The van der Waals surface area contributed by atoms with Gasteiger partial charge in [0, 0.05) is 5.69 Å². The van der Waals surface area contributed by atoms with Gasteiger partial charge in [-0.05, 0) is 41.7 Å². The molecule has 0 fully saturated rings. The van der Waals surface area contributed by atoms with E-state index < -0.39 is 6.04 Å². The summed E-state index contributed by atoms with van der Waals surface area (Å²) in [4.78, 5) is 12.3. The highest BCUT2D eigenvalue weighted by Crippen LogP contribution is 2.21. The minimum absolute atomic E-state index is 0.150. The Balaban J connectivity index is 1.55. The summed E-state index contributed by atoms with van der Waals surface area (Å²) >= 11 is 0. The fourth-order valence-electron chi connectivity index (χ4n) is 2.71. The molecule has 1 atom stereocenters. The zero-order chi connectivity index (χ0) is 17.5. The first-order chi connectivity index (χ1) is 12.2. The highest BCUT2D eigenvalue weighted by molar-refractivity contribution is 5.94. The van der Waals surface area contributed by atoms with Gasteiger partial charge in [-0.15, -0.1) is 0 Å². The van der Waals surface area contributed by atoms with Gasteiger partial charge in [-0.1, -0.05) is 72.8 Å². The molecule has 0 unspecified atom stereocenters. The second kappa shape index (κ2) is 8.27. The smallest absolute Gasteiger partial charge is 0.241 e. The SMILES string of the molecule is N[C@H](CCc1ccccc1)C(=O)Nc1ccc(-c2ccccc2)cc1. The molecule has 0 radical (unpaired) electrons. The molecule has 25 heavy (non-hydrogen) atoms. The predicted octanol–water partition coefficient (Wildman–Crippen LogP) is 4.25. The maximum Gasteiger partial charge on any atom is 0.241 e. The van der Waals surface area contributed by atoms with E-state index >= 15 is 0 Å². The number of benzene rings is 3. The first-order valence-electron chi connectivity index (χ1n) is 8.48. The molecule has 3 rings (SSSR count). The number of anilines is 1. The van der Waals surface area contributed by atoms with Crippen molar-refractivity contribution in [2.45, 2.75) is 18.9 Å². The molecule has 3 N–H and O–H groups in total. The molecular formula is C22H22N2O. The fourth-order valence-corrected chi connectivity index (χ4v) is 2.71. The monoisotopic (exact) mass is 330 g/mol. The number of aryl methyl sites for hydroxylation is 1. The van der Waals surface area contributed by atoms with Gasteiger partial charge in [0.05, 0.1) is 6.04 Å². The third-order valence-corrected chi connectivity index (χ3v) is 4.18. The number of hydrogen-bond donors (Lipinski definition) is 2. The Morgan fingerprint density at radius 3 is 2.00 bits per heavy atom. The Bertz CT molecular complexity index is 798. The van der Waals surface area contributed by atoms with E-state index in [2.05, 4.69) is 17.4 Å². The van der Waals surface area contributed by atoms with Crippen LogP contribution in [-0.2, 0) is 11.2 Å². The van der Waals surface area contributed by atoms with Crippen LogP contribution >= 0.6 is 0 Å². The minimum Gasteiger partial charge on any atom is -0.325 e. The van der Waals surface area contributed by atoms with E-state index in [1.54, 1.807) is 0 Å². The van der Waals surface area contributed by atoms with Crippen LogP contribution in [0.3, 0.4) is 0 Å². The Kier molecular flexibility index (Phi) is 5.60. The van der Waals surface area contributed by atoms with Crippen LogP contribution in [0.15, 0.2) is 84.9 Å². The molecule has 0 aliphatic carbocycles. The van der Waals surface area contributed by atoms with E-state index in [0.29, 0.717) is 6.42 Å². The van der Waals surface area contributed by atoms with Gasteiger partial charge in [-0.3, -0.25) is 4.79 Å². The van der Waals surface area contributed by atoms with Crippen molar-refractivity contribution in [1.29, 1.82) is 0 Å². The van der Waals surface area contributed by atoms with E-state index in [4.69, 9.17) is 5.73 Å². The fraction of sp³-hybridized carbons (Fsp3) is 0.136. The van der Waals surface area contributed by atoms with E-state index in [1.807, 2.05) is 72.8 Å². The van der Waals surface area contributed by atoms with Crippen molar-refractivity contribution in [2.24, 2.45) is 5.73 Å². The van der Waals surface area contributed by atoms with Gasteiger partial charge >= 0.3 is 0 Å². The summed E-state index contributed by atoms with van der Waals surface area (Å²) in [6.07, 6.45) is 1.42. The first-order valence-corrected chi connectivity index (χ1v) is 8.48. The van der Waals surface area contributed by atoms with Gasteiger partial charge in [0.25, 0.3) is 0 Å². The lowest BCUT2D eigenvalue weighted by molar-refractivity contribution is -0.117. The van der Waals surface area contributed by atoms with Gasteiger partial charge in [0.2, 0.25) is 5.91 Å². The first kappa shape index (κ1) is 16.9. The van der Waals surface area contributed by atoms with Crippen LogP contribution < -0.4 is 11.1 Å². The lowest BCUT2D eigenvalue weighted by atomic mass is 10.0. The molecule has 3 aromatic rings. The molecule has 3 heteroatoms. The lowest BCUT2D eigenvalue weighted by Crippen LogP contribution is -2.36. The number of nitrogens with two attached hydrogens (primary N) is 1. The predicted molar refractivity (Wildman–Crippen MR) is 103 cm³/mol.